The van der Waals surface area contributed by atoms with E-state index >= 15 is 0 Å². The zero-order valence-electron chi connectivity index (χ0n) is 11.5. The summed E-state index contributed by atoms with van der Waals surface area (Å²) in [5.41, 5.74) is 0.641. The molecular weight excluding hydrogens is 312 g/mol. The summed E-state index contributed by atoms with van der Waals surface area (Å²) >= 11 is 0. The fourth-order valence-electron chi connectivity index (χ4n) is 2.05. The van der Waals surface area contributed by atoms with Crippen LogP contribution in [-0.2, 0) is 10.0 Å². The van der Waals surface area contributed by atoms with E-state index in [1.54, 1.807) is 30.3 Å². The van der Waals surface area contributed by atoms with E-state index in [1.165, 1.54) is 0 Å². The Morgan fingerprint density at radius 3 is 2.36 bits per heavy atom. The van der Waals surface area contributed by atoms with Crippen molar-refractivity contribution in [2.75, 3.05) is 6.61 Å². The van der Waals surface area contributed by atoms with Crippen molar-refractivity contribution in [3.63, 3.8) is 0 Å². The Morgan fingerprint density at radius 2 is 1.77 bits per heavy atom. The summed E-state index contributed by atoms with van der Waals surface area (Å²) in [5.74, 6) is -2.02. The first-order chi connectivity index (χ1) is 10.4. The van der Waals surface area contributed by atoms with Gasteiger partial charge < -0.3 is 5.11 Å². The predicted octanol–water partition coefficient (Wildman–Crippen LogP) is 2.37. The lowest BCUT2D eigenvalue weighted by Gasteiger charge is -2.18. The smallest absolute Gasteiger partial charge is 0.244 e. The number of nitrogens with one attached hydrogen (secondary N) is 1. The Balaban J connectivity index is 2.32. The van der Waals surface area contributed by atoms with E-state index in [2.05, 4.69) is 4.72 Å². The van der Waals surface area contributed by atoms with Gasteiger partial charge >= 0.3 is 0 Å². The third-order valence-electron chi connectivity index (χ3n) is 3.10. The topological polar surface area (TPSA) is 66.4 Å². The van der Waals surface area contributed by atoms with Gasteiger partial charge in [-0.05, 0) is 24.1 Å². The number of aliphatic hydroxyl groups excluding tert-OH is 1. The zero-order valence-corrected chi connectivity index (χ0v) is 12.4. The zero-order chi connectivity index (χ0) is 16.2. The summed E-state index contributed by atoms with van der Waals surface area (Å²) in [6.45, 7) is -0.242. The van der Waals surface area contributed by atoms with Crippen LogP contribution in [0.25, 0.3) is 0 Å². The van der Waals surface area contributed by atoms with Crippen molar-refractivity contribution in [2.24, 2.45) is 0 Å². The van der Waals surface area contributed by atoms with Crippen LogP contribution in [-0.4, -0.2) is 20.1 Å². The van der Waals surface area contributed by atoms with E-state index in [9.17, 15) is 17.2 Å². The largest absolute Gasteiger partial charge is 0.396 e. The molecule has 0 saturated heterocycles. The molecule has 0 spiro atoms. The molecular formula is C15H15F2NO3S. The Kier molecular flexibility index (Phi) is 5.23. The Hall–Kier alpha value is -1.83. The highest BCUT2D eigenvalue weighted by Crippen LogP contribution is 2.22. The molecule has 2 aromatic carbocycles. The molecule has 2 aromatic rings. The van der Waals surface area contributed by atoms with Gasteiger partial charge in [0.25, 0.3) is 0 Å². The van der Waals surface area contributed by atoms with E-state index in [0.29, 0.717) is 11.6 Å². The minimum absolute atomic E-state index is 0.131. The quantitative estimate of drug-likeness (QED) is 0.856. The second kappa shape index (κ2) is 6.95. The SMILES string of the molecule is O=S(=O)(N[C@H](CCO)c1ccccc1)c1ccc(F)cc1F. The summed E-state index contributed by atoms with van der Waals surface area (Å²) in [5, 5.41) is 9.10. The molecule has 0 heterocycles. The molecule has 0 amide bonds. The minimum atomic E-state index is -4.18. The van der Waals surface area contributed by atoms with Crippen LogP contribution in [0.15, 0.2) is 53.4 Å². The molecule has 22 heavy (non-hydrogen) atoms. The van der Waals surface area contributed by atoms with Crippen LogP contribution in [0.1, 0.15) is 18.0 Å². The van der Waals surface area contributed by atoms with E-state index in [0.717, 1.165) is 12.1 Å². The Morgan fingerprint density at radius 1 is 1.09 bits per heavy atom. The Labute approximate surface area is 127 Å². The van der Waals surface area contributed by atoms with E-state index < -0.39 is 32.6 Å². The van der Waals surface area contributed by atoms with Gasteiger partial charge in [-0.15, -0.1) is 0 Å². The van der Waals surface area contributed by atoms with Gasteiger partial charge in [0, 0.05) is 18.7 Å². The average Bonchev–Trinajstić information content (AvgIpc) is 2.47. The second-order valence-corrected chi connectivity index (χ2v) is 6.35. The van der Waals surface area contributed by atoms with Crippen molar-refractivity contribution >= 4 is 10.0 Å². The standard InChI is InChI=1S/C15H15F2NO3S/c16-12-6-7-15(13(17)10-12)22(20,21)18-14(8-9-19)11-4-2-1-3-5-11/h1-7,10,14,18-19H,8-9H2/t14-/m1/s1. The molecule has 0 fully saturated rings. The molecule has 1 atom stereocenters. The number of hydrogen-bond donors (Lipinski definition) is 2. The summed E-state index contributed by atoms with van der Waals surface area (Å²) in [4.78, 5) is -0.632. The fourth-order valence-corrected chi connectivity index (χ4v) is 3.37. The summed E-state index contributed by atoms with van der Waals surface area (Å²) in [6, 6.07) is 10.2. The van der Waals surface area contributed by atoms with Gasteiger partial charge in [0.15, 0.2) is 0 Å². The first-order valence-electron chi connectivity index (χ1n) is 6.57. The molecule has 0 aliphatic rings. The number of sulfonamides is 1. The minimum Gasteiger partial charge on any atom is -0.396 e. The van der Waals surface area contributed by atoms with E-state index in [1.807, 2.05) is 0 Å². The average molecular weight is 327 g/mol. The fraction of sp³-hybridized carbons (Fsp3) is 0.200. The molecule has 2 N–H and O–H groups in total. The third-order valence-corrected chi connectivity index (χ3v) is 4.61. The highest BCUT2D eigenvalue weighted by Gasteiger charge is 2.24. The summed E-state index contributed by atoms with van der Waals surface area (Å²) < 4.78 is 53.4. The highest BCUT2D eigenvalue weighted by molar-refractivity contribution is 7.89. The van der Waals surface area contributed by atoms with Crippen molar-refractivity contribution in [1.82, 2.24) is 4.72 Å². The predicted molar refractivity (Wildman–Crippen MR) is 77.6 cm³/mol. The lowest BCUT2D eigenvalue weighted by Crippen LogP contribution is -2.30. The molecule has 0 bridgehead atoms. The van der Waals surface area contributed by atoms with Gasteiger partial charge in [-0.3, -0.25) is 0 Å². The first kappa shape index (κ1) is 16.5. The van der Waals surface area contributed by atoms with Gasteiger partial charge in [0.05, 0.1) is 0 Å². The lowest BCUT2D eigenvalue weighted by atomic mass is 10.1. The normalized spacial score (nSPS) is 13.0. The third kappa shape index (κ3) is 3.88. The van der Waals surface area contributed by atoms with Gasteiger partial charge in [0.1, 0.15) is 16.5 Å². The Bertz CT molecular complexity index is 736. The molecule has 0 saturated carbocycles. The van der Waals surface area contributed by atoms with Crippen LogP contribution in [0, 0.1) is 11.6 Å². The van der Waals surface area contributed by atoms with Crippen molar-refractivity contribution in [1.29, 1.82) is 0 Å². The number of rotatable bonds is 6. The molecule has 2 rings (SSSR count). The summed E-state index contributed by atoms with van der Waals surface area (Å²) in [6.07, 6.45) is 0.131. The van der Waals surface area contributed by atoms with Gasteiger partial charge in [-0.25, -0.2) is 21.9 Å². The van der Waals surface area contributed by atoms with Crippen LogP contribution in [0.3, 0.4) is 0 Å². The van der Waals surface area contributed by atoms with E-state index in [-0.39, 0.29) is 13.0 Å². The molecule has 0 aliphatic carbocycles. The highest BCUT2D eigenvalue weighted by atomic mass is 32.2. The van der Waals surface area contributed by atoms with E-state index in [4.69, 9.17) is 5.11 Å². The van der Waals surface area contributed by atoms with Crippen molar-refractivity contribution in [3.05, 3.63) is 65.7 Å². The molecule has 4 nitrogen and oxygen atoms in total. The molecule has 0 unspecified atom stereocenters. The number of hydrogen-bond acceptors (Lipinski definition) is 3. The van der Waals surface area contributed by atoms with Crippen LogP contribution in [0.5, 0.6) is 0 Å². The number of halogens is 2. The first-order valence-corrected chi connectivity index (χ1v) is 8.05. The van der Waals surface area contributed by atoms with Crippen molar-refractivity contribution < 1.29 is 22.3 Å². The number of aliphatic hydroxyl groups is 1. The second-order valence-electron chi connectivity index (χ2n) is 4.67. The van der Waals surface area contributed by atoms with Crippen LogP contribution >= 0.6 is 0 Å². The molecule has 0 radical (unpaired) electrons. The lowest BCUT2D eigenvalue weighted by molar-refractivity contribution is 0.272. The maximum atomic E-state index is 13.7. The summed E-state index contributed by atoms with van der Waals surface area (Å²) in [7, 11) is -4.18. The molecule has 0 aliphatic heterocycles. The van der Waals surface area contributed by atoms with Gasteiger partial charge in [-0.1, -0.05) is 30.3 Å². The van der Waals surface area contributed by atoms with Crippen molar-refractivity contribution in [2.45, 2.75) is 17.4 Å². The maximum absolute atomic E-state index is 13.7. The van der Waals surface area contributed by atoms with Gasteiger partial charge in [0.2, 0.25) is 10.0 Å². The molecule has 118 valence electrons. The monoisotopic (exact) mass is 327 g/mol. The molecule has 7 heteroatoms. The maximum Gasteiger partial charge on any atom is 0.244 e. The van der Waals surface area contributed by atoms with Gasteiger partial charge in [-0.2, -0.15) is 0 Å². The number of benzene rings is 2. The van der Waals surface area contributed by atoms with Crippen LogP contribution < -0.4 is 4.72 Å². The van der Waals surface area contributed by atoms with Crippen molar-refractivity contribution in [3.8, 4) is 0 Å². The van der Waals surface area contributed by atoms with Crippen LogP contribution in [0.4, 0.5) is 8.78 Å². The molecule has 0 aromatic heterocycles. The van der Waals surface area contributed by atoms with Crippen LogP contribution in [0.2, 0.25) is 0 Å².